The zero-order valence-corrected chi connectivity index (χ0v) is 8.04. The van der Waals surface area contributed by atoms with Crippen LogP contribution in [0, 0.1) is 19.3 Å². The lowest BCUT2D eigenvalue weighted by molar-refractivity contribution is 0.0629. The van der Waals surface area contributed by atoms with Gasteiger partial charge in [0.05, 0.1) is 5.60 Å². The summed E-state index contributed by atoms with van der Waals surface area (Å²) in [6.07, 6.45) is 5.52. The maximum atomic E-state index is 9.93. The predicted molar refractivity (Wildman–Crippen MR) is 54.2 cm³/mol. The average molecular weight is 174 g/mol. The quantitative estimate of drug-likeness (QED) is 0.682. The molecule has 1 aromatic carbocycles. The molecule has 0 radical (unpaired) electrons. The van der Waals surface area contributed by atoms with Crippen LogP contribution in [-0.4, -0.2) is 5.11 Å². The summed E-state index contributed by atoms with van der Waals surface area (Å²) in [5, 5.41) is 9.93. The molecule has 0 amide bonds. The van der Waals surface area contributed by atoms with E-state index in [2.05, 4.69) is 5.92 Å². The van der Waals surface area contributed by atoms with E-state index in [1.54, 1.807) is 6.92 Å². The van der Waals surface area contributed by atoms with Gasteiger partial charge in [-0.25, -0.2) is 0 Å². The van der Waals surface area contributed by atoms with E-state index in [9.17, 15) is 5.11 Å². The Hall–Kier alpha value is -1.26. The normalized spacial score (nSPS) is 14.6. The summed E-state index contributed by atoms with van der Waals surface area (Å²) < 4.78 is 0. The molecule has 1 rings (SSSR count). The molecular formula is C12H14O. The van der Waals surface area contributed by atoms with Crippen LogP contribution in [0.25, 0.3) is 0 Å². The molecule has 1 N–H and O–H groups in total. The van der Waals surface area contributed by atoms with Gasteiger partial charge in [-0.15, -0.1) is 12.3 Å². The number of rotatable bonds is 2. The second-order valence-corrected chi connectivity index (χ2v) is 3.52. The summed E-state index contributed by atoms with van der Waals surface area (Å²) in [4.78, 5) is 0. The SMILES string of the molecule is C#CCC(C)(O)c1ccc(C)cc1. The van der Waals surface area contributed by atoms with Gasteiger partial charge in [0.25, 0.3) is 0 Å². The summed E-state index contributed by atoms with van der Waals surface area (Å²) in [6, 6.07) is 7.76. The van der Waals surface area contributed by atoms with E-state index in [1.807, 2.05) is 31.2 Å². The van der Waals surface area contributed by atoms with E-state index < -0.39 is 5.60 Å². The maximum absolute atomic E-state index is 9.93. The van der Waals surface area contributed by atoms with Crippen molar-refractivity contribution in [1.29, 1.82) is 0 Å². The summed E-state index contributed by atoms with van der Waals surface area (Å²) >= 11 is 0. The Kier molecular flexibility index (Phi) is 2.75. The minimum Gasteiger partial charge on any atom is -0.384 e. The van der Waals surface area contributed by atoms with Crippen molar-refractivity contribution in [2.75, 3.05) is 0 Å². The van der Waals surface area contributed by atoms with Gasteiger partial charge in [-0.3, -0.25) is 0 Å². The number of hydrogen-bond acceptors (Lipinski definition) is 1. The summed E-state index contributed by atoms with van der Waals surface area (Å²) in [7, 11) is 0. The highest BCUT2D eigenvalue weighted by Gasteiger charge is 2.20. The standard InChI is InChI=1S/C12H14O/c1-4-9-12(3,13)11-7-5-10(2)6-8-11/h1,5-8,13H,9H2,2-3H3. The average Bonchev–Trinajstić information content (AvgIpc) is 2.05. The molecule has 0 aromatic heterocycles. The third kappa shape index (κ3) is 2.34. The predicted octanol–water partition coefficient (Wildman–Crippen LogP) is 2.23. The van der Waals surface area contributed by atoms with E-state index in [0.717, 1.165) is 5.56 Å². The number of aliphatic hydroxyl groups is 1. The maximum Gasteiger partial charge on any atom is 0.0977 e. The van der Waals surface area contributed by atoms with Crippen molar-refractivity contribution >= 4 is 0 Å². The zero-order chi connectivity index (χ0) is 9.90. The van der Waals surface area contributed by atoms with Crippen LogP contribution in [0.15, 0.2) is 24.3 Å². The third-order valence-corrected chi connectivity index (χ3v) is 2.12. The second kappa shape index (κ2) is 3.64. The second-order valence-electron chi connectivity index (χ2n) is 3.52. The minimum atomic E-state index is -0.900. The Bertz CT molecular complexity index is 314. The van der Waals surface area contributed by atoms with E-state index in [4.69, 9.17) is 6.42 Å². The molecule has 1 heteroatoms. The van der Waals surface area contributed by atoms with Gasteiger partial charge in [-0.1, -0.05) is 29.8 Å². The fraction of sp³-hybridized carbons (Fsp3) is 0.333. The number of benzene rings is 1. The highest BCUT2D eigenvalue weighted by Crippen LogP contribution is 2.23. The molecule has 0 bridgehead atoms. The fourth-order valence-electron chi connectivity index (χ4n) is 1.21. The van der Waals surface area contributed by atoms with Crippen molar-refractivity contribution < 1.29 is 5.11 Å². The van der Waals surface area contributed by atoms with Gasteiger partial charge in [0.1, 0.15) is 0 Å². The zero-order valence-electron chi connectivity index (χ0n) is 8.04. The van der Waals surface area contributed by atoms with Crippen LogP contribution in [0.4, 0.5) is 0 Å². The van der Waals surface area contributed by atoms with Crippen molar-refractivity contribution in [2.24, 2.45) is 0 Å². The Morgan fingerprint density at radius 1 is 1.38 bits per heavy atom. The molecule has 0 aliphatic heterocycles. The molecule has 68 valence electrons. The number of aryl methyl sites for hydroxylation is 1. The van der Waals surface area contributed by atoms with Crippen molar-refractivity contribution in [3.05, 3.63) is 35.4 Å². The lowest BCUT2D eigenvalue weighted by Gasteiger charge is -2.21. The highest BCUT2D eigenvalue weighted by molar-refractivity contribution is 5.26. The Morgan fingerprint density at radius 2 is 1.92 bits per heavy atom. The van der Waals surface area contributed by atoms with E-state index in [0.29, 0.717) is 6.42 Å². The van der Waals surface area contributed by atoms with Crippen LogP contribution in [-0.2, 0) is 5.60 Å². The van der Waals surface area contributed by atoms with Gasteiger partial charge in [0, 0.05) is 6.42 Å². The minimum absolute atomic E-state index is 0.343. The topological polar surface area (TPSA) is 20.2 Å². The van der Waals surface area contributed by atoms with Crippen molar-refractivity contribution in [3.63, 3.8) is 0 Å². The van der Waals surface area contributed by atoms with E-state index in [-0.39, 0.29) is 0 Å². The molecule has 0 saturated carbocycles. The van der Waals surface area contributed by atoms with Crippen LogP contribution in [0.1, 0.15) is 24.5 Å². The van der Waals surface area contributed by atoms with Crippen LogP contribution < -0.4 is 0 Å². The molecule has 0 saturated heterocycles. The first-order valence-corrected chi connectivity index (χ1v) is 4.29. The smallest absolute Gasteiger partial charge is 0.0977 e. The molecule has 1 nitrogen and oxygen atoms in total. The van der Waals surface area contributed by atoms with E-state index in [1.165, 1.54) is 5.56 Å². The lowest BCUT2D eigenvalue weighted by atomic mass is 9.92. The molecule has 0 heterocycles. The molecule has 1 aromatic rings. The van der Waals surface area contributed by atoms with Gasteiger partial charge in [-0.2, -0.15) is 0 Å². The molecule has 1 unspecified atom stereocenters. The first-order chi connectivity index (χ1) is 6.06. The van der Waals surface area contributed by atoms with E-state index >= 15 is 0 Å². The van der Waals surface area contributed by atoms with Crippen molar-refractivity contribution in [2.45, 2.75) is 25.9 Å². The van der Waals surface area contributed by atoms with Crippen molar-refractivity contribution in [1.82, 2.24) is 0 Å². The van der Waals surface area contributed by atoms with Crippen LogP contribution >= 0.6 is 0 Å². The van der Waals surface area contributed by atoms with Crippen LogP contribution in [0.3, 0.4) is 0 Å². The first-order valence-electron chi connectivity index (χ1n) is 4.29. The molecular weight excluding hydrogens is 160 g/mol. The Balaban J connectivity index is 2.95. The lowest BCUT2D eigenvalue weighted by Crippen LogP contribution is -2.19. The summed E-state index contributed by atoms with van der Waals surface area (Å²) in [5.74, 6) is 2.47. The monoisotopic (exact) mass is 174 g/mol. The van der Waals surface area contributed by atoms with Gasteiger partial charge in [-0.05, 0) is 19.4 Å². The fourth-order valence-corrected chi connectivity index (χ4v) is 1.21. The largest absolute Gasteiger partial charge is 0.384 e. The van der Waals surface area contributed by atoms with Crippen molar-refractivity contribution in [3.8, 4) is 12.3 Å². The Labute approximate surface area is 79.4 Å². The Morgan fingerprint density at radius 3 is 2.38 bits per heavy atom. The van der Waals surface area contributed by atoms with Crippen LogP contribution in [0.2, 0.25) is 0 Å². The van der Waals surface area contributed by atoms with Gasteiger partial charge in [0.15, 0.2) is 0 Å². The van der Waals surface area contributed by atoms with Gasteiger partial charge >= 0.3 is 0 Å². The van der Waals surface area contributed by atoms with Gasteiger partial charge < -0.3 is 5.11 Å². The summed E-state index contributed by atoms with van der Waals surface area (Å²) in [5.41, 5.74) is 1.15. The molecule has 1 atom stereocenters. The molecule has 0 spiro atoms. The first kappa shape index (κ1) is 9.83. The highest BCUT2D eigenvalue weighted by atomic mass is 16.3. The molecule has 0 aliphatic rings. The molecule has 0 fully saturated rings. The van der Waals surface area contributed by atoms with Crippen LogP contribution in [0.5, 0.6) is 0 Å². The molecule has 0 aliphatic carbocycles. The number of hydrogen-bond donors (Lipinski definition) is 1. The summed E-state index contributed by atoms with van der Waals surface area (Å²) in [6.45, 7) is 3.75. The van der Waals surface area contributed by atoms with Gasteiger partial charge in [0.2, 0.25) is 0 Å². The third-order valence-electron chi connectivity index (χ3n) is 2.12. The number of terminal acetylenes is 1. The molecule has 13 heavy (non-hydrogen) atoms.